The minimum atomic E-state index is -0.646. The molecule has 0 saturated carbocycles. The maximum Gasteiger partial charge on any atom is 0.332 e. The van der Waals surface area contributed by atoms with Crippen LogP contribution in [0.15, 0.2) is 9.59 Å². The molecule has 0 aliphatic heterocycles. The van der Waals surface area contributed by atoms with E-state index in [2.05, 4.69) is 10.6 Å². The summed E-state index contributed by atoms with van der Waals surface area (Å²) >= 11 is 0. The van der Waals surface area contributed by atoms with Crippen LogP contribution >= 0.6 is 0 Å². The molecule has 19 heavy (non-hydrogen) atoms. The third-order valence-electron chi connectivity index (χ3n) is 2.57. The number of carbonyl (C=O) groups excluding carboxylic acids is 1. The van der Waals surface area contributed by atoms with Crippen molar-refractivity contribution in [3.63, 3.8) is 0 Å². The second-order valence-electron chi connectivity index (χ2n) is 3.95. The monoisotopic (exact) mass is 265 g/mol. The molecule has 0 atom stereocenters. The second kappa shape index (κ2) is 5.86. The van der Waals surface area contributed by atoms with Crippen molar-refractivity contribution in [3.05, 3.63) is 26.4 Å². The molecule has 0 radical (unpaired) electrons. The average Bonchev–Trinajstić information content (AvgIpc) is 2.37. The van der Waals surface area contributed by atoms with E-state index in [1.165, 1.54) is 25.6 Å². The lowest BCUT2D eigenvalue weighted by Crippen LogP contribution is -2.40. The molecule has 1 amide bonds. The quantitative estimate of drug-likeness (QED) is 0.644. The van der Waals surface area contributed by atoms with Gasteiger partial charge in [0.05, 0.1) is 0 Å². The minimum absolute atomic E-state index is 0.132. The van der Waals surface area contributed by atoms with Gasteiger partial charge in [0.2, 0.25) is 5.91 Å². The number of hydrogen-bond donors (Lipinski definition) is 2. The molecule has 0 aliphatic carbocycles. The van der Waals surface area contributed by atoms with Crippen LogP contribution in [0.3, 0.4) is 0 Å². The zero-order valence-corrected chi connectivity index (χ0v) is 11.0. The molecule has 0 unspecified atom stereocenters. The minimum Gasteiger partial charge on any atom is -0.368 e. The van der Waals surface area contributed by atoms with Gasteiger partial charge in [-0.15, -0.1) is 0 Å². The highest BCUT2D eigenvalue weighted by Gasteiger charge is 2.14. The number of nitrogens with one attached hydrogen (secondary N) is 2. The normalized spacial score (nSPS) is 9.79. The molecule has 0 saturated heterocycles. The Bertz CT molecular complexity index is 650. The Morgan fingerprint density at radius 3 is 2.42 bits per heavy atom. The summed E-state index contributed by atoms with van der Waals surface area (Å²) in [6.45, 7) is 2.01. The Balaban J connectivity index is 3.08. The molecule has 8 heteroatoms. The highest BCUT2D eigenvalue weighted by molar-refractivity contribution is 5.72. The van der Waals surface area contributed by atoms with E-state index in [1.807, 2.05) is 0 Å². The van der Waals surface area contributed by atoms with Crippen molar-refractivity contribution in [1.82, 2.24) is 14.5 Å². The van der Waals surface area contributed by atoms with Crippen LogP contribution in [-0.2, 0) is 18.9 Å². The molecule has 0 aromatic carbocycles. The maximum atomic E-state index is 11.8. The molecule has 2 N–H and O–H groups in total. The summed E-state index contributed by atoms with van der Waals surface area (Å²) in [6.07, 6.45) is 0. The van der Waals surface area contributed by atoms with E-state index < -0.39 is 11.2 Å². The van der Waals surface area contributed by atoms with Gasteiger partial charge in [0.15, 0.2) is 5.56 Å². The number of hydrogen-bond acceptors (Lipinski definition) is 5. The van der Waals surface area contributed by atoms with Gasteiger partial charge in [-0.2, -0.15) is 5.26 Å². The van der Waals surface area contributed by atoms with Crippen LogP contribution in [0.5, 0.6) is 0 Å². The Morgan fingerprint density at radius 2 is 1.89 bits per heavy atom. The van der Waals surface area contributed by atoms with Crippen molar-refractivity contribution in [3.8, 4) is 6.07 Å². The lowest BCUT2D eigenvalue weighted by atomic mass is 10.3. The number of carbonyl (C=O) groups is 1. The van der Waals surface area contributed by atoms with Gasteiger partial charge in [0.25, 0.3) is 5.56 Å². The van der Waals surface area contributed by atoms with E-state index in [4.69, 9.17) is 5.26 Å². The summed E-state index contributed by atoms with van der Waals surface area (Å²) in [4.78, 5) is 34.2. The Kier molecular flexibility index (Phi) is 4.47. The topological polar surface area (TPSA) is 109 Å². The van der Waals surface area contributed by atoms with Crippen LogP contribution in [0, 0.1) is 11.3 Å². The van der Waals surface area contributed by atoms with Crippen LogP contribution in [0.2, 0.25) is 0 Å². The number of anilines is 1. The predicted molar refractivity (Wildman–Crippen MR) is 68.8 cm³/mol. The Labute approximate surface area is 109 Å². The highest BCUT2D eigenvalue weighted by atomic mass is 16.2. The lowest BCUT2D eigenvalue weighted by Gasteiger charge is -2.13. The molecule has 1 aromatic heterocycles. The molecule has 1 aromatic rings. The average molecular weight is 265 g/mol. The third-order valence-corrected chi connectivity index (χ3v) is 2.57. The van der Waals surface area contributed by atoms with Crippen molar-refractivity contribution in [2.75, 3.05) is 18.4 Å². The van der Waals surface area contributed by atoms with Crippen LogP contribution in [0.25, 0.3) is 0 Å². The van der Waals surface area contributed by atoms with Crippen molar-refractivity contribution in [1.29, 1.82) is 5.26 Å². The zero-order chi connectivity index (χ0) is 14.6. The second-order valence-corrected chi connectivity index (χ2v) is 3.95. The molecule has 102 valence electrons. The molecule has 0 aliphatic rings. The fourth-order valence-corrected chi connectivity index (χ4v) is 1.57. The van der Waals surface area contributed by atoms with Gasteiger partial charge in [-0.1, -0.05) is 0 Å². The Morgan fingerprint density at radius 1 is 1.26 bits per heavy atom. The molecule has 8 nitrogen and oxygen atoms in total. The highest BCUT2D eigenvalue weighted by Crippen LogP contribution is 2.05. The molecule has 0 fully saturated rings. The summed E-state index contributed by atoms with van der Waals surface area (Å²) in [6, 6.07) is 1.78. The number of amides is 1. The van der Waals surface area contributed by atoms with E-state index in [-0.39, 0.29) is 17.3 Å². The van der Waals surface area contributed by atoms with Crippen molar-refractivity contribution in [2.45, 2.75) is 6.92 Å². The molecule has 0 spiro atoms. The molecular formula is C11H15N5O3. The zero-order valence-electron chi connectivity index (χ0n) is 11.0. The number of rotatable bonds is 4. The van der Waals surface area contributed by atoms with Gasteiger partial charge in [-0.05, 0) is 0 Å². The summed E-state index contributed by atoms with van der Waals surface area (Å²) in [5, 5.41) is 14.4. The SMILES string of the molecule is CC(=O)NCCNc1c(C#N)c(=O)n(C)c(=O)n1C. The molecule has 1 rings (SSSR count). The van der Waals surface area contributed by atoms with Crippen LogP contribution in [-0.4, -0.2) is 28.1 Å². The van der Waals surface area contributed by atoms with Gasteiger partial charge in [0, 0.05) is 34.1 Å². The standard InChI is InChI=1S/C11H15N5O3/c1-7(17)13-4-5-14-9-8(6-12)10(18)16(3)11(19)15(9)2/h14H,4-5H2,1-3H3,(H,13,17). The van der Waals surface area contributed by atoms with Crippen molar-refractivity contribution in [2.24, 2.45) is 14.1 Å². The summed E-state index contributed by atoms with van der Waals surface area (Å²) in [5.41, 5.74) is -1.30. The van der Waals surface area contributed by atoms with E-state index in [9.17, 15) is 14.4 Å². The van der Waals surface area contributed by atoms with Crippen molar-refractivity contribution < 1.29 is 4.79 Å². The van der Waals surface area contributed by atoms with Gasteiger partial charge in [-0.25, -0.2) is 4.79 Å². The third kappa shape index (κ3) is 3.01. The van der Waals surface area contributed by atoms with Gasteiger partial charge < -0.3 is 10.6 Å². The Hall–Kier alpha value is -2.56. The first-order chi connectivity index (χ1) is 8.90. The molecule has 1 heterocycles. The first-order valence-electron chi connectivity index (χ1n) is 5.58. The number of aromatic nitrogens is 2. The largest absolute Gasteiger partial charge is 0.368 e. The van der Waals surface area contributed by atoms with Gasteiger partial charge in [-0.3, -0.25) is 18.7 Å². The van der Waals surface area contributed by atoms with Crippen LogP contribution in [0.1, 0.15) is 12.5 Å². The summed E-state index contributed by atoms with van der Waals surface area (Å²) < 4.78 is 2.06. The summed E-state index contributed by atoms with van der Waals surface area (Å²) in [7, 11) is 2.77. The fourth-order valence-electron chi connectivity index (χ4n) is 1.57. The maximum absolute atomic E-state index is 11.8. The number of nitriles is 1. The predicted octanol–water partition coefficient (Wildman–Crippen LogP) is -1.50. The smallest absolute Gasteiger partial charge is 0.332 e. The molecule has 0 bridgehead atoms. The summed E-state index contributed by atoms with van der Waals surface area (Å²) in [5.74, 6) is -0.0267. The first-order valence-corrected chi connectivity index (χ1v) is 5.58. The lowest BCUT2D eigenvalue weighted by molar-refractivity contribution is -0.118. The van der Waals surface area contributed by atoms with E-state index >= 15 is 0 Å². The van der Waals surface area contributed by atoms with E-state index in [0.717, 1.165) is 4.57 Å². The fraction of sp³-hybridized carbons (Fsp3) is 0.455. The van der Waals surface area contributed by atoms with E-state index in [0.29, 0.717) is 13.1 Å². The first kappa shape index (κ1) is 14.5. The van der Waals surface area contributed by atoms with Crippen molar-refractivity contribution >= 4 is 11.7 Å². The van der Waals surface area contributed by atoms with E-state index in [1.54, 1.807) is 6.07 Å². The van der Waals surface area contributed by atoms with Gasteiger partial charge >= 0.3 is 5.69 Å². The van der Waals surface area contributed by atoms with Crippen LogP contribution in [0.4, 0.5) is 5.82 Å². The molecular weight excluding hydrogens is 250 g/mol. The van der Waals surface area contributed by atoms with Gasteiger partial charge in [0.1, 0.15) is 11.9 Å². The van der Waals surface area contributed by atoms with Crippen LogP contribution < -0.4 is 21.9 Å². The number of nitrogens with zero attached hydrogens (tertiary/aromatic N) is 3.